The first-order chi connectivity index (χ1) is 9.39. The van der Waals surface area contributed by atoms with Crippen LogP contribution in [-0.4, -0.2) is 37.0 Å². The van der Waals surface area contributed by atoms with Gasteiger partial charge in [0.25, 0.3) is 0 Å². The Labute approximate surface area is 126 Å². The molecular formula is C13H17BrN2O3S. The molecule has 1 aliphatic carbocycles. The zero-order valence-electron chi connectivity index (χ0n) is 10.9. The predicted octanol–water partition coefficient (Wildman–Crippen LogP) is 1.42. The maximum atomic E-state index is 12.7. The summed E-state index contributed by atoms with van der Waals surface area (Å²) in [6, 6.07) is 4.80. The van der Waals surface area contributed by atoms with Crippen molar-refractivity contribution < 1.29 is 13.5 Å². The van der Waals surface area contributed by atoms with Gasteiger partial charge in [-0.2, -0.15) is 4.31 Å². The molecule has 3 rings (SSSR count). The topological polar surface area (TPSA) is 83.6 Å². The molecule has 0 aromatic heterocycles. The van der Waals surface area contributed by atoms with E-state index in [9.17, 15) is 13.5 Å². The minimum absolute atomic E-state index is 0.0708. The van der Waals surface area contributed by atoms with Crippen molar-refractivity contribution in [1.29, 1.82) is 0 Å². The Kier molecular flexibility index (Phi) is 3.56. The molecule has 20 heavy (non-hydrogen) atoms. The Morgan fingerprint density at radius 3 is 2.70 bits per heavy atom. The monoisotopic (exact) mass is 360 g/mol. The van der Waals surface area contributed by atoms with E-state index in [0.717, 1.165) is 17.3 Å². The predicted molar refractivity (Wildman–Crippen MR) is 79.5 cm³/mol. The number of sulfonamides is 1. The van der Waals surface area contributed by atoms with E-state index in [1.807, 2.05) is 0 Å². The summed E-state index contributed by atoms with van der Waals surface area (Å²) in [5, 5.41) is 9.89. The highest BCUT2D eigenvalue weighted by atomic mass is 79.9. The number of fused-ring (bicyclic) bond motifs is 1. The fourth-order valence-electron chi connectivity index (χ4n) is 3.29. The van der Waals surface area contributed by atoms with Crippen molar-refractivity contribution >= 4 is 31.6 Å². The van der Waals surface area contributed by atoms with Gasteiger partial charge in [0.2, 0.25) is 10.0 Å². The molecule has 1 saturated heterocycles. The number of hydrogen-bond acceptors (Lipinski definition) is 4. The Balaban J connectivity index is 1.90. The fraction of sp³-hybridized carbons (Fsp3) is 0.538. The summed E-state index contributed by atoms with van der Waals surface area (Å²) in [6.45, 7) is 0.878. The van der Waals surface area contributed by atoms with Gasteiger partial charge in [0, 0.05) is 23.5 Å². The maximum absolute atomic E-state index is 12.7. The molecule has 7 heteroatoms. The fourth-order valence-corrected chi connectivity index (χ4v) is 5.30. The number of anilines is 1. The lowest BCUT2D eigenvalue weighted by atomic mass is 10.00. The van der Waals surface area contributed by atoms with Crippen LogP contribution in [0.5, 0.6) is 0 Å². The number of nitrogen functional groups attached to an aromatic ring is 1. The minimum atomic E-state index is -3.58. The summed E-state index contributed by atoms with van der Waals surface area (Å²) in [4.78, 5) is 0.148. The zero-order valence-corrected chi connectivity index (χ0v) is 13.3. The van der Waals surface area contributed by atoms with Crippen LogP contribution in [0.15, 0.2) is 27.6 Å². The summed E-state index contributed by atoms with van der Waals surface area (Å²) in [5.41, 5.74) is 6.08. The molecule has 0 radical (unpaired) electrons. The molecule has 0 amide bonds. The van der Waals surface area contributed by atoms with Gasteiger partial charge in [0.05, 0.1) is 11.8 Å². The van der Waals surface area contributed by atoms with Crippen LogP contribution in [0, 0.1) is 11.8 Å². The molecule has 2 aliphatic rings. The van der Waals surface area contributed by atoms with Gasteiger partial charge in [-0.1, -0.05) is 15.9 Å². The van der Waals surface area contributed by atoms with Crippen molar-refractivity contribution in [2.24, 2.45) is 11.8 Å². The van der Waals surface area contributed by atoms with Gasteiger partial charge >= 0.3 is 0 Å². The molecule has 3 atom stereocenters. The van der Waals surface area contributed by atoms with Gasteiger partial charge < -0.3 is 10.8 Å². The molecule has 1 aliphatic heterocycles. The van der Waals surface area contributed by atoms with E-state index in [1.54, 1.807) is 12.1 Å². The number of nitrogens with zero attached hydrogens (tertiary/aromatic N) is 1. The number of aliphatic hydroxyl groups excluding tert-OH is 1. The highest BCUT2D eigenvalue weighted by Gasteiger charge is 2.46. The Bertz CT molecular complexity index is 635. The number of rotatable bonds is 2. The quantitative estimate of drug-likeness (QED) is 0.781. The van der Waals surface area contributed by atoms with Gasteiger partial charge in [-0.3, -0.25) is 0 Å². The van der Waals surface area contributed by atoms with E-state index < -0.39 is 10.0 Å². The first-order valence-electron chi connectivity index (χ1n) is 6.63. The molecule has 0 spiro atoms. The van der Waals surface area contributed by atoms with Crippen molar-refractivity contribution in [3.63, 3.8) is 0 Å². The third kappa shape index (κ3) is 2.26. The lowest BCUT2D eigenvalue weighted by molar-refractivity contribution is 0.129. The van der Waals surface area contributed by atoms with Crippen molar-refractivity contribution in [1.82, 2.24) is 4.31 Å². The molecule has 5 nitrogen and oxygen atoms in total. The Morgan fingerprint density at radius 1 is 1.30 bits per heavy atom. The van der Waals surface area contributed by atoms with Crippen LogP contribution in [0.4, 0.5) is 5.69 Å². The second kappa shape index (κ2) is 4.98. The number of aliphatic hydroxyl groups is 1. The molecule has 0 bridgehead atoms. The standard InChI is InChI=1S/C13H17BrN2O3S/c14-9-2-4-13(11(15)5-9)20(18,19)16-6-8-1-3-12(17)10(8)7-16/h2,4-5,8,10,12,17H,1,3,6-7,15H2. The number of halogens is 1. The second-order valence-electron chi connectivity index (χ2n) is 5.57. The zero-order chi connectivity index (χ0) is 14.5. The van der Waals surface area contributed by atoms with Crippen LogP contribution in [0.2, 0.25) is 0 Å². The minimum Gasteiger partial charge on any atom is -0.398 e. The largest absolute Gasteiger partial charge is 0.398 e. The SMILES string of the molecule is Nc1cc(Br)ccc1S(=O)(=O)N1CC2CCC(O)C2C1. The van der Waals surface area contributed by atoms with Crippen LogP contribution < -0.4 is 5.73 Å². The molecule has 1 aromatic carbocycles. The average Bonchev–Trinajstić information content (AvgIpc) is 2.92. The molecule has 1 aromatic rings. The van der Waals surface area contributed by atoms with E-state index in [1.165, 1.54) is 10.4 Å². The lowest BCUT2D eigenvalue weighted by Crippen LogP contribution is -2.31. The van der Waals surface area contributed by atoms with Gasteiger partial charge in [0.15, 0.2) is 0 Å². The highest BCUT2D eigenvalue weighted by molar-refractivity contribution is 9.10. The summed E-state index contributed by atoms with van der Waals surface area (Å²) in [7, 11) is -3.58. The summed E-state index contributed by atoms with van der Waals surface area (Å²) in [6.07, 6.45) is 1.31. The van der Waals surface area contributed by atoms with E-state index >= 15 is 0 Å². The van der Waals surface area contributed by atoms with E-state index in [2.05, 4.69) is 15.9 Å². The molecule has 1 heterocycles. The Hall–Kier alpha value is -0.630. The number of benzene rings is 1. The first-order valence-corrected chi connectivity index (χ1v) is 8.86. The van der Waals surface area contributed by atoms with E-state index in [-0.39, 0.29) is 28.5 Å². The van der Waals surface area contributed by atoms with Gasteiger partial charge in [-0.05, 0) is 37.0 Å². The van der Waals surface area contributed by atoms with E-state index in [4.69, 9.17) is 5.73 Å². The molecular weight excluding hydrogens is 344 g/mol. The molecule has 2 fully saturated rings. The van der Waals surface area contributed by atoms with Crippen LogP contribution >= 0.6 is 15.9 Å². The van der Waals surface area contributed by atoms with Crippen molar-refractivity contribution in [2.45, 2.75) is 23.8 Å². The molecule has 1 saturated carbocycles. The lowest BCUT2D eigenvalue weighted by Gasteiger charge is -2.19. The van der Waals surface area contributed by atoms with Gasteiger partial charge in [-0.15, -0.1) is 0 Å². The Morgan fingerprint density at radius 2 is 2.05 bits per heavy atom. The average molecular weight is 361 g/mol. The summed E-state index contributed by atoms with van der Waals surface area (Å²) >= 11 is 3.27. The third-order valence-corrected chi connectivity index (χ3v) is 6.77. The van der Waals surface area contributed by atoms with Crippen molar-refractivity contribution in [2.75, 3.05) is 18.8 Å². The molecule has 110 valence electrons. The number of nitrogens with two attached hydrogens (primary N) is 1. The second-order valence-corrected chi connectivity index (χ2v) is 8.39. The van der Waals surface area contributed by atoms with Crippen LogP contribution in [0.3, 0.4) is 0 Å². The van der Waals surface area contributed by atoms with Crippen molar-refractivity contribution in [3.8, 4) is 0 Å². The normalized spacial score (nSPS) is 30.6. The third-order valence-electron chi connectivity index (χ3n) is 4.38. The van der Waals surface area contributed by atoms with Gasteiger partial charge in [-0.25, -0.2) is 8.42 Å². The molecule has 3 unspecified atom stereocenters. The van der Waals surface area contributed by atoms with Crippen LogP contribution in [0.25, 0.3) is 0 Å². The summed E-state index contributed by atoms with van der Waals surface area (Å²) in [5.74, 6) is 0.345. The summed E-state index contributed by atoms with van der Waals surface area (Å²) < 4.78 is 27.5. The van der Waals surface area contributed by atoms with Gasteiger partial charge in [0.1, 0.15) is 4.90 Å². The van der Waals surface area contributed by atoms with Crippen LogP contribution in [0.1, 0.15) is 12.8 Å². The molecule has 3 N–H and O–H groups in total. The smallest absolute Gasteiger partial charge is 0.245 e. The number of hydrogen-bond donors (Lipinski definition) is 2. The highest BCUT2D eigenvalue weighted by Crippen LogP contribution is 2.40. The maximum Gasteiger partial charge on any atom is 0.245 e. The van der Waals surface area contributed by atoms with Crippen LogP contribution in [-0.2, 0) is 10.0 Å². The van der Waals surface area contributed by atoms with E-state index in [0.29, 0.717) is 13.1 Å². The first kappa shape index (κ1) is 14.3. The van der Waals surface area contributed by atoms with Crippen molar-refractivity contribution in [3.05, 3.63) is 22.7 Å².